The lowest BCUT2D eigenvalue weighted by Gasteiger charge is -2.22. The normalized spacial score (nSPS) is 17.9. The molecule has 1 saturated carbocycles. The number of aromatic hydroxyl groups is 3. The van der Waals surface area contributed by atoms with Crippen LogP contribution < -0.4 is 0 Å². The first-order chi connectivity index (χ1) is 7.18. The van der Waals surface area contributed by atoms with E-state index >= 15 is 0 Å². The highest BCUT2D eigenvalue weighted by Crippen LogP contribution is 2.41. The largest absolute Gasteiger partial charge is 0.508 e. The molecule has 1 aromatic rings. The van der Waals surface area contributed by atoms with Crippen molar-refractivity contribution in [2.45, 2.75) is 38.0 Å². The van der Waals surface area contributed by atoms with Gasteiger partial charge in [-0.3, -0.25) is 0 Å². The highest BCUT2D eigenvalue weighted by Gasteiger charge is 2.20. The number of hydrogen-bond donors (Lipinski definition) is 3. The number of phenolic OH excluding ortho intramolecular Hbond substituents is 3. The van der Waals surface area contributed by atoms with Gasteiger partial charge in [-0.25, -0.2) is 0 Å². The van der Waals surface area contributed by atoms with Crippen LogP contribution in [0.25, 0.3) is 0 Å². The Kier molecular flexibility index (Phi) is 2.71. The minimum atomic E-state index is -0.257. The van der Waals surface area contributed by atoms with Crippen molar-refractivity contribution in [2.75, 3.05) is 0 Å². The van der Waals surface area contributed by atoms with Crippen LogP contribution in [0.3, 0.4) is 0 Å². The van der Waals surface area contributed by atoms with Crippen LogP contribution in [0.15, 0.2) is 12.1 Å². The number of benzene rings is 1. The zero-order chi connectivity index (χ0) is 10.8. The maximum atomic E-state index is 9.70. The molecule has 0 heterocycles. The fraction of sp³-hybridized carbons (Fsp3) is 0.500. The summed E-state index contributed by atoms with van der Waals surface area (Å²) in [5, 5.41) is 28.3. The summed E-state index contributed by atoms with van der Waals surface area (Å²) in [6, 6.07) is 2.71. The number of hydrogen-bond acceptors (Lipinski definition) is 3. The van der Waals surface area contributed by atoms with Gasteiger partial charge in [0.15, 0.2) is 11.5 Å². The molecule has 0 unspecified atom stereocenters. The summed E-state index contributed by atoms with van der Waals surface area (Å²) in [6.07, 6.45) is 5.70. The second kappa shape index (κ2) is 4.01. The monoisotopic (exact) mass is 208 g/mol. The third kappa shape index (κ3) is 2.01. The molecule has 1 aliphatic rings. The molecule has 0 aliphatic heterocycles. The molecule has 0 bridgehead atoms. The van der Waals surface area contributed by atoms with Gasteiger partial charge in [0.25, 0.3) is 0 Å². The van der Waals surface area contributed by atoms with E-state index in [1.807, 2.05) is 0 Å². The third-order valence-electron chi connectivity index (χ3n) is 3.17. The first-order valence-electron chi connectivity index (χ1n) is 5.43. The Morgan fingerprint density at radius 1 is 0.800 bits per heavy atom. The van der Waals surface area contributed by atoms with E-state index < -0.39 is 0 Å². The van der Waals surface area contributed by atoms with Crippen LogP contribution in [-0.2, 0) is 0 Å². The van der Waals surface area contributed by atoms with Gasteiger partial charge in [0.05, 0.1) is 0 Å². The molecule has 1 fully saturated rings. The molecule has 0 spiro atoms. The van der Waals surface area contributed by atoms with E-state index in [1.165, 1.54) is 31.4 Å². The van der Waals surface area contributed by atoms with Gasteiger partial charge >= 0.3 is 0 Å². The van der Waals surface area contributed by atoms with Crippen LogP contribution in [0.4, 0.5) is 0 Å². The van der Waals surface area contributed by atoms with Crippen LogP contribution in [0, 0.1) is 0 Å². The molecule has 0 radical (unpaired) electrons. The lowest BCUT2D eigenvalue weighted by molar-refractivity contribution is 0.383. The molecule has 1 aliphatic carbocycles. The van der Waals surface area contributed by atoms with Gasteiger partial charge in [-0.1, -0.05) is 19.3 Å². The van der Waals surface area contributed by atoms with E-state index in [0.717, 1.165) is 18.4 Å². The second-order valence-corrected chi connectivity index (χ2v) is 4.23. The second-order valence-electron chi connectivity index (χ2n) is 4.23. The van der Waals surface area contributed by atoms with Gasteiger partial charge in [-0.15, -0.1) is 0 Å². The van der Waals surface area contributed by atoms with Crippen molar-refractivity contribution in [3.8, 4) is 17.2 Å². The quantitative estimate of drug-likeness (QED) is 0.491. The Bertz CT molecular complexity index is 354. The van der Waals surface area contributed by atoms with Crippen molar-refractivity contribution >= 4 is 0 Å². The minimum Gasteiger partial charge on any atom is -0.508 e. The Morgan fingerprint density at radius 3 is 2.07 bits per heavy atom. The van der Waals surface area contributed by atoms with Crippen molar-refractivity contribution in [3.63, 3.8) is 0 Å². The van der Waals surface area contributed by atoms with Gasteiger partial charge in [-0.05, 0) is 24.8 Å². The summed E-state index contributed by atoms with van der Waals surface area (Å²) in [5.41, 5.74) is 0.769. The van der Waals surface area contributed by atoms with Gasteiger partial charge < -0.3 is 15.3 Å². The van der Waals surface area contributed by atoms with E-state index in [9.17, 15) is 15.3 Å². The Labute approximate surface area is 89.0 Å². The molecule has 2 rings (SSSR count). The van der Waals surface area contributed by atoms with Crippen molar-refractivity contribution in [1.82, 2.24) is 0 Å². The summed E-state index contributed by atoms with van der Waals surface area (Å²) in [5.74, 6) is 0.0166. The van der Waals surface area contributed by atoms with E-state index in [0.29, 0.717) is 5.92 Å². The van der Waals surface area contributed by atoms with Crippen molar-refractivity contribution in [3.05, 3.63) is 17.7 Å². The minimum absolute atomic E-state index is 0.0946. The fourth-order valence-electron chi connectivity index (χ4n) is 2.32. The molecule has 0 saturated heterocycles. The zero-order valence-corrected chi connectivity index (χ0v) is 8.61. The lowest BCUT2D eigenvalue weighted by atomic mass is 9.83. The third-order valence-corrected chi connectivity index (χ3v) is 3.17. The van der Waals surface area contributed by atoms with Gasteiger partial charge in [-0.2, -0.15) is 0 Å². The first-order valence-corrected chi connectivity index (χ1v) is 5.43. The summed E-state index contributed by atoms with van der Waals surface area (Å²) in [7, 11) is 0. The molecule has 1 aromatic carbocycles. The van der Waals surface area contributed by atoms with Crippen LogP contribution in [0.2, 0.25) is 0 Å². The molecule has 0 amide bonds. The molecular formula is C12H16O3. The summed E-state index contributed by atoms with van der Waals surface area (Å²) < 4.78 is 0. The maximum absolute atomic E-state index is 9.70. The SMILES string of the molecule is Oc1cc(O)c(C2CCCCC2)cc1O. The Morgan fingerprint density at radius 2 is 1.40 bits per heavy atom. The predicted octanol–water partition coefficient (Wildman–Crippen LogP) is 2.85. The predicted molar refractivity (Wildman–Crippen MR) is 57.3 cm³/mol. The lowest BCUT2D eigenvalue weighted by Crippen LogP contribution is -2.04. The highest BCUT2D eigenvalue weighted by molar-refractivity contribution is 5.49. The molecule has 0 atom stereocenters. The van der Waals surface area contributed by atoms with Crippen LogP contribution in [-0.4, -0.2) is 15.3 Å². The molecule has 3 nitrogen and oxygen atoms in total. The Hall–Kier alpha value is -1.38. The topological polar surface area (TPSA) is 60.7 Å². The molecule has 0 aromatic heterocycles. The molecule has 82 valence electrons. The fourth-order valence-corrected chi connectivity index (χ4v) is 2.32. The summed E-state index contributed by atoms with van der Waals surface area (Å²) in [4.78, 5) is 0. The van der Waals surface area contributed by atoms with Crippen LogP contribution >= 0.6 is 0 Å². The van der Waals surface area contributed by atoms with Gasteiger partial charge in [0, 0.05) is 11.6 Å². The maximum Gasteiger partial charge on any atom is 0.161 e. The van der Waals surface area contributed by atoms with Gasteiger partial charge in [0.1, 0.15) is 5.75 Å². The van der Waals surface area contributed by atoms with Crippen LogP contribution in [0.1, 0.15) is 43.6 Å². The molecule has 3 N–H and O–H groups in total. The highest BCUT2D eigenvalue weighted by atomic mass is 16.3. The van der Waals surface area contributed by atoms with Gasteiger partial charge in [0.2, 0.25) is 0 Å². The average molecular weight is 208 g/mol. The van der Waals surface area contributed by atoms with Crippen molar-refractivity contribution in [2.24, 2.45) is 0 Å². The number of phenols is 3. The van der Waals surface area contributed by atoms with E-state index in [4.69, 9.17) is 0 Å². The molecular weight excluding hydrogens is 192 g/mol. The van der Waals surface area contributed by atoms with E-state index in [2.05, 4.69) is 0 Å². The average Bonchev–Trinajstić information content (AvgIpc) is 2.25. The van der Waals surface area contributed by atoms with E-state index in [1.54, 1.807) is 0 Å². The number of rotatable bonds is 1. The molecule has 15 heavy (non-hydrogen) atoms. The van der Waals surface area contributed by atoms with Crippen molar-refractivity contribution < 1.29 is 15.3 Å². The first kappa shape index (κ1) is 10.1. The summed E-state index contributed by atoms with van der Waals surface area (Å²) in [6.45, 7) is 0. The Balaban J connectivity index is 2.30. The van der Waals surface area contributed by atoms with E-state index in [-0.39, 0.29) is 17.2 Å². The van der Waals surface area contributed by atoms with Crippen molar-refractivity contribution in [1.29, 1.82) is 0 Å². The van der Waals surface area contributed by atoms with Crippen LogP contribution in [0.5, 0.6) is 17.2 Å². The smallest absolute Gasteiger partial charge is 0.161 e. The zero-order valence-electron chi connectivity index (χ0n) is 8.61. The summed E-state index contributed by atoms with van der Waals surface area (Å²) >= 11 is 0. The standard InChI is InChI=1S/C12H16O3/c13-10-7-12(15)11(14)6-9(10)8-4-2-1-3-5-8/h6-8,13-15H,1-5H2. The molecule has 3 heteroatoms.